The summed E-state index contributed by atoms with van der Waals surface area (Å²) in [7, 11) is 0. The van der Waals surface area contributed by atoms with Crippen molar-refractivity contribution in [2.24, 2.45) is 0 Å². The minimum absolute atomic E-state index is 0.0253. The van der Waals surface area contributed by atoms with Crippen LogP contribution in [0.2, 0.25) is 10.0 Å². The second kappa shape index (κ2) is 8.55. The van der Waals surface area contributed by atoms with Crippen LogP contribution in [0, 0.1) is 13.8 Å². The van der Waals surface area contributed by atoms with Gasteiger partial charge in [0.1, 0.15) is 5.76 Å². The summed E-state index contributed by atoms with van der Waals surface area (Å²) in [5.74, 6) is -1.81. The molecule has 1 N–H and O–H groups in total. The molecule has 1 aliphatic heterocycles. The Balaban J connectivity index is 1.74. The van der Waals surface area contributed by atoms with Gasteiger partial charge in [0.05, 0.1) is 31.9 Å². The molecule has 0 saturated carbocycles. The van der Waals surface area contributed by atoms with Crippen LogP contribution >= 0.6 is 34.5 Å². The molecule has 4 aromatic rings. The van der Waals surface area contributed by atoms with Gasteiger partial charge in [0.25, 0.3) is 5.78 Å². The zero-order valence-electron chi connectivity index (χ0n) is 18.2. The fraction of sp³-hybridized carbons (Fsp3) is 0.115. The van der Waals surface area contributed by atoms with Gasteiger partial charge in [0.15, 0.2) is 5.13 Å². The van der Waals surface area contributed by atoms with Crippen molar-refractivity contribution in [1.29, 1.82) is 0 Å². The highest BCUT2D eigenvalue weighted by molar-refractivity contribution is 7.22. The Kier molecular flexibility index (Phi) is 5.68. The smallest absolute Gasteiger partial charge is 0.301 e. The van der Waals surface area contributed by atoms with Gasteiger partial charge in [-0.1, -0.05) is 76.5 Å². The van der Waals surface area contributed by atoms with Crippen LogP contribution in [0.1, 0.15) is 28.3 Å². The van der Waals surface area contributed by atoms with Gasteiger partial charge in [0, 0.05) is 5.56 Å². The van der Waals surface area contributed by atoms with Crippen LogP contribution in [0.5, 0.6) is 0 Å². The zero-order chi connectivity index (χ0) is 24.1. The molecule has 5 nitrogen and oxygen atoms in total. The van der Waals surface area contributed by atoms with E-state index in [2.05, 4.69) is 4.98 Å². The number of benzene rings is 3. The van der Waals surface area contributed by atoms with Gasteiger partial charge < -0.3 is 5.11 Å². The fourth-order valence-corrected chi connectivity index (χ4v) is 5.41. The molecule has 1 aliphatic rings. The molecule has 0 aliphatic carbocycles. The lowest BCUT2D eigenvalue weighted by Gasteiger charge is -2.23. The number of carbonyl (C=O) groups excluding carboxylic acids is 2. The summed E-state index contributed by atoms with van der Waals surface area (Å²) in [6.07, 6.45) is 0. The second-order valence-corrected chi connectivity index (χ2v) is 10.00. The van der Waals surface area contributed by atoms with Crippen molar-refractivity contribution in [2.75, 3.05) is 4.90 Å². The van der Waals surface area contributed by atoms with E-state index < -0.39 is 17.7 Å². The lowest BCUT2D eigenvalue weighted by molar-refractivity contribution is -0.132. The van der Waals surface area contributed by atoms with Crippen LogP contribution in [-0.2, 0) is 9.59 Å². The van der Waals surface area contributed by atoms with E-state index in [0.717, 1.165) is 21.3 Å². The molecule has 1 fully saturated rings. The summed E-state index contributed by atoms with van der Waals surface area (Å²) in [6, 6.07) is 16.9. The number of anilines is 1. The first-order valence-electron chi connectivity index (χ1n) is 10.4. The first-order chi connectivity index (χ1) is 16.2. The lowest BCUT2D eigenvalue weighted by atomic mass is 9.95. The standard InChI is InChI=1S/C26H18Cl2N2O3S/c1-13-3-6-15(7-4-13)23(31)21-22(16-8-9-17(27)18(28)12-16)30(25(33)24(21)32)26-29-19-10-5-14(2)11-20(19)34-26/h3-12,22,31H,1-2H3/b23-21+. The van der Waals surface area contributed by atoms with Crippen molar-refractivity contribution >= 4 is 67.3 Å². The van der Waals surface area contributed by atoms with Crippen LogP contribution in [0.25, 0.3) is 16.0 Å². The molecule has 1 saturated heterocycles. The summed E-state index contributed by atoms with van der Waals surface area (Å²) in [5, 5.41) is 12.2. The topological polar surface area (TPSA) is 70.5 Å². The Bertz CT molecular complexity index is 1510. The van der Waals surface area contributed by atoms with Crippen LogP contribution in [0.3, 0.4) is 0 Å². The average Bonchev–Trinajstić information content (AvgIpc) is 3.33. The summed E-state index contributed by atoms with van der Waals surface area (Å²) >= 11 is 13.7. The van der Waals surface area contributed by atoms with Gasteiger partial charge in [-0.15, -0.1) is 0 Å². The number of Topliss-reactive ketones (excluding diaryl/α,β-unsaturated/α-hetero) is 1. The predicted octanol–water partition coefficient (Wildman–Crippen LogP) is 6.85. The molecule has 170 valence electrons. The number of carbonyl (C=O) groups is 2. The number of aliphatic hydroxyl groups excluding tert-OH is 1. The Hall–Kier alpha value is -3.19. The van der Waals surface area contributed by atoms with E-state index in [9.17, 15) is 14.7 Å². The van der Waals surface area contributed by atoms with Gasteiger partial charge in [-0.2, -0.15) is 0 Å². The largest absolute Gasteiger partial charge is 0.507 e. The fourth-order valence-electron chi connectivity index (χ4n) is 4.02. The van der Waals surface area contributed by atoms with Crippen molar-refractivity contribution in [3.63, 3.8) is 0 Å². The number of aliphatic hydroxyl groups is 1. The van der Waals surface area contributed by atoms with E-state index in [1.807, 2.05) is 44.2 Å². The summed E-state index contributed by atoms with van der Waals surface area (Å²) < 4.78 is 0.892. The SMILES string of the molecule is Cc1ccc(/C(O)=C2\C(=O)C(=O)N(c3nc4ccc(C)cc4s3)C2c2ccc(Cl)c(Cl)c2)cc1. The zero-order valence-corrected chi connectivity index (χ0v) is 20.5. The minimum Gasteiger partial charge on any atom is -0.507 e. The number of halogens is 2. The Morgan fingerprint density at radius 1 is 0.941 bits per heavy atom. The number of amides is 1. The van der Waals surface area contributed by atoms with E-state index in [4.69, 9.17) is 23.2 Å². The van der Waals surface area contributed by atoms with E-state index >= 15 is 0 Å². The van der Waals surface area contributed by atoms with Gasteiger partial charge in [-0.3, -0.25) is 14.5 Å². The first kappa shape index (κ1) is 22.6. The molecule has 3 aromatic carbocycles. The Morgan fingerprint density at radius 3 is 2.35 bits per heavy atom. The number of aryl methyl sites for hydroxylation is 2. The van der Waals surface area contributed by atoms with Gasteiger partial charge in [-0.05, 0) is 49.2 Å². The molecule has 5 rings (SSSR count). The van der Waals surface area contributed by atoms with Gasteiger partial charge in [-0.25, -0.2) is 4.98 Å². The third kappa shape index (κ3) is 3.78. The minimum atomic E-state index is -0.919. The molecule has 1 atom stereocenters. The third-order valence-electron chi connectivity index (χ3n) is 5.77. The summed E-state index contributed by atoms with van der Waals surface area (Å²) in [4.78, 5) is 32.6. The van der Waals surface area contributed by atoms with E-state index in [0.29, 0.717) is 21.3 Å². The third-order valence-corrected chi connectivity index (χ3v) is 7.52. The quantitative estimate of drug-likeness (QED) is 0.186. The number of nitrogens with zero attached hydrogens (tertiary/aromatic N) is 2. The molecule has 0 spiro atoms. The highest BCUT2D eigenvalue weighted by Crippen LogP contribution is 2.45. The lowest BCUT2D eigenvalue weighted by Crippen LogP contribution is -2.29. The monoisotopic (exact) mass is 508 g/mol. The Labute approximate surface area is 209 Å². The molecule has 1 unspecified atom stereocenters. The summed E-state index contributed by atoms with van der Waals surface area (Å²) in [5.41, 5.74) is 3.74. The van der Waals surface area contributed by atoms with E-state index in [1.54, 1.807) is 30.3 Å². The summed E-state index contributed by atoms with van der Waals surface area (Å²) in [6.45, 7) is 3.90. The molecule has 0 radical (unpaired) electrons. The number of hydrogen-bond acceptors (Lipinski definition) is 5. The molecule has 0 bridgehead atoms. The van der Waals surface area contributed by atoms with Crippen molar-refractivity contribution in [3.8, 4) is 0 Å². The average molecular weight is 509 g/mol. The number of aromatic nitrogens is 1. The van der Waals surface area contributed by atoms with Gasteiger partial charge in [0.2, 0.25) is 0 Å². The van der Waals surface area contributed by atoms with Crippen LogP contribution in [0.15, 0.2) is 66.2 Å². The maximum absolute atomic E-state index is 13.3. The molecule has 8 heteroatoms. The van der Waals surface area contributed by atoms with Crippen LogP contribution in [-0.4, -0.2) is 21.8 Å². The molecular weight excluding hydrogens is 491 g/mol. The maximum Gasteiger partial charge on any atom is 0.301 e. The van der Waals surface area contributed by atoms with Crippen LogP contribution < -0.4 is 4.90 Å². The van der Waals surface area contributed by atoms with Crippen LogP contribution in [0.4, 0.5) is 5.13 Å². The van der Waals surface area contributed by atoms with Crippen molar-refractivity contribution in [2.45, 2.75) is 19.9 Å². The normalized spacial score (nSPS) is 17.6. The predicted molar refractivity (Wildman–Crippen MR) is 137 cm³/mol. The number of hydrogen-bond donors (Lipinski definition) is 1. The molecule has 2 heterocycles. The number of thiazole rings is 1. The first-order valence-corrected chi connectivity index (χ1v) is 12.0. The Morgan fingerprint density at radius 2 is 1.65 bits per heavy atom. The molecule has 34 heavy (non-hydrogen) atoms. The van der Waals surface area contributed by atoms with Crippen molar-refractivity contribution < 1.29 is 14.7 Å². The maximum atomic E-state index is 13.3. The van der Waals surface area contributed by atoms with Crippen molar-refractivity contribution in [1.82, 2.24) is 4.98 Å². The molecule has 1 aromatic heterocycles. The molecular formula is C26H18Cl2N2O3S. The highest BCUT2D eigenvalue weighted by Gasteiger charge is 2.48. The van der Waals surface area contributed by atoms with Crippen molar-refractivity contribution in [3.05, 3.63) is 98.5 Å². The molecule has 1 amide bonds. The van der Waals surface area contributed by atoms with Gasteiger partial charge >= 0.3 is 5.91 Å². The van der Waals surface area contributed by atoms with E-state index in [-0.39, 0.29) is 16.4 Å². The highest BCUT2D eigenvalue weighted by atomic mass is 35.5. The number of ketones is 1. The number of fused-ring (bicyclic) bond motifs is 1. The van der Waals surface area contributed by atoms with E-state index in [1.165, 1.54) is 16.2 Å². The number of rotatable bonds is 3. The second-order valence-electron chi connectivity index (χ2n) is 8.18.